The fourth-order valence-corrected chi connectivity index (χ4v) is 2.71. The molecule has 1 nitrogen and oxygen atoms in total. The zero-order valence-electron chi connectivity index (χ0n) is 14.6. The smallest absolute Gasteiger partial charge is 0.00967 e. The van der Waals surface area contributed by atoms with Gasteiger partial charge >= 0.3 is 0 Å². The van der Waals surface area contributed by atoms with Crippen molar-refractivity contribution in [3.8, 4) is 0 Å². The molecule has 1 N–H and O–H groups in total. The van der Waals surface area contributed by atoms with Gasteiger partial charge in [-0.15, -0.1) is 0 Å². The molecule has 1 atom stereocenters. The van der Waals surface area contributed by atoms with E-state index in [0.29, 0.717) is 5.92 Å². The van der Waals surface area contributed by atoms with Crippen molar-refractivity contribution in [2.24, 2.45) is 0 Å². The zero-order chi connectivity index (χ0) is 15.6. The van der Waals surface area contributed by atoms with E-state index in [0.717, 1.165) is 6.54 Å². The van der Waals surface area contributed by atoms with Gasteiger partial charge in [0.05, 0.1) is 0 Å². The van der Waals surface area contributed by atoms with E-state index in [1.54, 1.807) is 0 Å². The van der Waals surface area contributed by atoms with Crippen molar-refractivity contribution in [1.82, 2.24) is 5.32 Å². The lowest BCUT2D eigenvalue weighted by Gasteiger charge is -2.25. The summed E-state index contributed by atoms with van der Waals surface area (Å²) < 4.78 is 0. The van der Waals surface area contributed by atoms with Crippen LogP contribution in [0.3, 0.4) is 0 Å². The number of hydrogen-bond donors (Lipinski definition) is 1. The molecule has 0 saturated carbocycles. The normalized spacial score (nSPS) is 13.3. The molecule has 0 bridgehead atoms. The monoisotopic (exact) mass is 289 g/mol. The maximum atomic E-state index is 3.68. The second kappa shape index (κ2) is 10.00. The third-order valence-corrected chi connectivity index (χ3v) is 4.06. The van der Waals surface area contributed by atoms with Gasteiger partial charge in [0.15, 0.2) is 0 Å². The van der Waals surface area contributed by atoms with Crippen LogP contribution in [0.5, 0.6) is 0 Å². The average molecular weight is 290 g/mol. The summed E-state index contributed by atoms with van der Waals surface area (Å²) >= 11 is 0. The highest BCUT2D eigenvalue weighted by Gasteiger charge is 2.15. The van der Waals surface area contributed by atoms with Crippen molar-refractivity contribution in [1.29, 1.82) is 0 Å². The Morgan fingerprint density at radius 1 is 0.905 bits per heavy atom. The lowest BCUT2D eigenvalue weighted by atomic mass is 9.92. The van der Waals surface area contributed by atoms with Crippen LogP contribution < -0.4 is 5.32 Å². The minimum absolute atomic E-state index is 0.203. The quantitative estimate of drug-likeness (QED) is 0.528. The van der Waals surface area contributed by atoms with Crippen LogP contribution in [0.25, 0.3) is 0 Å². The summed E-state index contributed by atoms with van der Waals surface area (Å²) in [6.45, 7) is 10.1. The zero-order valence-corrected chi connectivity index (χ0v) is 14.6. The van der Waals surface area contributed by atoms with Gasteiger partial charge in [0.1, 0.15) is 0 Å². The second-order valence-electron chi connectivity index (χ2n) is 7.29. The molecule has 21 heavy (non-hydrogen) atoms. The second-order valence-corrected chi connectivity index (χ2v) is 7.29. The van der Waals surface area contributed by atoms with Gasteiger partial charge in [-0.1, -0.05) is 75.8 Å². The lowest BCUT2D eigenvalue weighted by Crippen LogP contribution is -2.38. The summed E-state index contributed by atoms with van der Waals surface area (Å²) in [6.07, 6.45) is 9.60. The molecule has 0 aliphatic carbocycles. The lowest BCUT2D eigenvalue weighted by molar-refractivity contribution is 0.393. The number of nitrogens with one attached hydrogen (secondary N) is 1. The Bertz CT molecular complexity index is 350. The molecule has 0 spiro atoms. The molecule has 1 unspecified atom stereocenters. The summed E-state index contributed by atoms with van der Waals surface area (Å²) in [5.74, 6) is 0.650. The molecule has 1 rings (SSSR count). The van der Waals surface area contributed by atoms with Crippen LogP contribution in [-0.2, 0) is 0 Å². The Kier molecular flexibility index (Phi) is 8.68. The standard InChI is InChI=1S/C20H35N/c1-5-6-7-8-9-11-16-19(17-21-20(2,3)4)18-14-12-10-13-15-18/h10,12-15,19,21H,5-9,11,16-17H2,1-4H3. The predicted octanol–water partition coefficient (Wildman–Crippen LogP) is 5.91. The van der Waals surface area contributed by atoms with E-state index in [4.69, 9.17) is 0 Å². The third-order valence-electron chi connectivity index (χ3n) is 4.06. The van der Waals surface area contributed by atoms with Crippen molar-refractivity contribution < 1.29 is 0 Å². The molecule has 0 fully saturated rings. The fraction of sp³-hybridized carbons (Fsp3) is 0.700. The molecule has 1 aromatic carbocycles. The Morgan fingerprint density at radius 3 is 2.14 bits per heavy atom. The van der Waals surface area contributed by atoms with Gasteiger partial charge < -0.3 is 5.32 Å². The Labute approximate surface area is 132 Å². The summed E-state index contributed by atoms with van der Waals surface area (Å²) in [6, 6.07) is 11.0. The fourth-order valence-electron chi connectivity index (χ4n) is 2.71. The van der Waals surface area contributed by atoms with E-state index >= 15 is 0 Å². The molecule has 0 aliphatic rings. The molecule has 0 saturated heterocycles. The first-order valence-electron chi connectivity index (χ1n) is 8.83. The summed E-state index contributed by atoms with van der Waals surface area (Å²) in [4.78, 5) is 0. The maximum absolute atomic E-state index is 3.68. The van der Waals surface area contributed by atoms with Gasteiger partial charge in [-0.3, -0.25) is 0 Å². The first kappa shape index (κ1) is 18.2. The molecule has 0 heterocycles. The van der Waals surface area contributed by atoms with Gasteiger partial charge in [0, 0.05) is 12.1 Å². The van der Waals surface area contributed by atoms with Crippen LogP contribution in [-0.4, -0.2) is 12.1 Å². The molecule has 1 aromatic rings. The third kappa shape index (κ3) is 8.93. The minimum atomic E-state index is 0.203. The summed E-state index contributed by atoms with van der Waals surface area (Å²) in [5, 5.41) is 3.68. The van der Waals surface area contributed by atoms with Crippen LogP contribution in [0.1, 0.15) is 84.1 Å². The van der Waals surface area contributed by atoms with E-state index < -0.39 is 0 Å². The van der Waals surface area contributed by atoms with Crippen molar-refractivity contribution in [3.05, 3.63) is 35.9 Å². The number of unbranched alkanes of at least 4 members (excludes halogenated alkanes) is 5. The van der Waals surface area contributed by atoms with E-state index in [1.807, 2.05) is 0 Å². The van der Waals surface area contributed by atoms with Crippen LogP contribution >= 0.6 is 0 Å². The number of hydrogen-bond acceptors (Lipinski definition) is 1. The molecular weight excluding hydrogens is 254 g/mol. The Morgan fingerprint density at radius 2 is 1.52 bits per heavy atom. The van der Waals surface area contributed by atoms with Crippen LogP contribution in [0, 0.1) is 0 Å². The van der Waals surface area contributed by atoms with E-state index in [-0.39, 0.29) is 5.54 Å². The Hall–Kier alpha value is -0.820. The summed E-state index contributed by atoms with van der Waals surface area (Å²) in [7, 11) is 0. The highest BCUT2D eigenvalue weighted by atomic mass is 14.9. The van der Waals surface area contributed by atoms with Crippen molar-refractivity contribution >= 4 is 0 Å². The van der Waals surface area contributed by atoms with Gasteiger partial charge in [-0.25, -0.2) is 0 Å². The maximum Gasteiger partial charge on any atom is 0.00967 e. The SMILES string of the molecule is CCCCCCCCC(CNC(C)(C)C)c1ccccc1. The topological polar surface area (TPSA) is 12.0 Å². The first-order chi connectivity index (χ1) is 10.0. The molecule has 0 aromatic heterocycles. The predicted molar refractivity (Wildman–Crippen MR) is 94.9 cm³/mol. The highest BCUT2D eigenvalue weighted by Crippen LogP contribution is 2.23. The van der Waals surface area contributed by atoms with Crippen molar-refractivity contribution in [2.75, 3.05) is 6.54 Å². The summed E-state index contributed by atoms with van der Waals surface area (Å²) in [5.41, 5.74) is 1.69. The minimum Gasteiger partial charge on any atom is -0.311 e. The molecule has 120 valence electrons. The van der Waals surface area contributed by atoms with E-state index in [1.165, 1.54) is 50.5 Å². The first-order valence-corrected chi connectivity index (χ1v) is 8.83. The van der Waals surface area contributed by atoms with E-state index in [2.05, 4.69) is 63.3 Å². The molecule has 1 heteroatoms. The van der Waals surface area contributed by atoms with Crippen LogP contribution in [0.4, 0.5) is 0 Å². The molecule has 0 amide bonds. The van der Waals surface area contributed by atoms with Crippen molar-refractivity contribution in [3.63, 3.8) is 0 Å². The van der Waals surface area contributed by atoms with Gasteiger partial charge in [-0.05, 0) is 38.7 Å². The average Bonchev–Trinajstić information content (AvgIpc) is 2.45. The number of benzene rings is 1. The molecule has 0 aliphatic heterocycles. The number of rotatable bonds is 10. The van der Waals surface area contributed by atoms with Crippen LogP contribution in [0.15, 0.2) is 30.3 Å². The van der Waals surface area contributed by atoms with Gasteiger partial charge in [0.25, 0.3) is 0 Å². The highest BCUT2D eigenvalue weighted by molar-refractivity contribution is 5.19. The molecule has 0 radical (unpaired) electrons. The largest absolute Gasteiger partial charge is 0.311 e. The van der Waals surface area contributed by atoms with Gasteiger partial charge in [0.2, 0.25) is 0 Å². The van der Waals surface area contributed by atoms with Crippen LogP contribution in [0.2, 0.25) is 0 Å². The van der Waals surface area contributed by atoms with E-state index in [9.17, 15) is 0 Å². The molecular formula is C20H35N. The van der Waals surface area contributed by atoms with Crippen molar-refractivity contribution in [2.45, 2.75) is 84.1 Å². The van der Waals surface area contributed by atoms with Gasteiger partial charge in [-0.2, -0.15) is 0 Å². The Balaban J connectivity index is 2.41.